The molecule has 4 heteroatoms. The van der Waals surface area contributed by atoms with Crippen LogP contribution < -0.4 is 10.3 Å². The molecule has 0 saturated heterocycles. The van der Waals surface area contributed by atoms with Crippen LogP contribution in [0.5, 0.6) is 5.75 Å². The first-order valence-electron chi connectivity index (χ1n) is 6.81. The van der Waals surface area contributed by atoms with E-state index in [0.717, 1.165) is 22.6 Å². The molecule has 3 rings (SSSR count). The number of ether oxygens (including phenoxy) is 1. The van der Waals surface area contributed by atoms with Crippen LogP contribution in [0.1, 0.15) is 0 Å². The van der Waals surface area contributed by atoms with E-state index in [0.29, 0.717) is 5.15 Å². The summed E-state index contributed by atoms with van der Waals surface area (Å²) < 4.78 is 6.62. The average Bonchev–Trinajstić information content (AvgIpc) is 2.55. The summed E-state index contributed by atoms with van der Waals surface area (Å²) in [6.07, 6.45) is 0. The smallest absolute Gasteiger partial charge is 0.256 e. The topological polar surface area (TPSA) is 31.2 Å². The fourth-order valence-electron chi connectivity index (χ4n) is 2.32. The quantitative estimate of drug-likeness (QED) is 0.680. The van der Waals surface area contributed by atoms with Crippen LogP contribution in [0.3, 0.4) is 0 Å². The fraction of sp³-hybridized carbons (Fsp3) is 0.0556. The summed E-state index contributed by atoms with van der Waals surface area (Å²) in [6.45, 7) is 0. The van der Waals surface area contributed by atoms with Crippen LogP contribution in [-0.2, 0) is 0 Å². The summed E-state index contributed by atoms with van der Waals surface area (Å²) in [5.41, 5.74) is 2.29. The Morgan fingerprint density at radius 1 is 0.909 bits per heavy atom. The number of benzene rings is 2. The molecule has 0 fully saturated rings. The van der Waals surface area contributed by atoms with Gasteiger partial charge in [-0.25, -0.2) is 0 Å². The Bertz CT molecular complexity index is 839. The molecule has 0 N–H and O–H groups in total. The maximum atomic E-state index is 12.4. The highest BCUT2D eigenvalue weighted by atomic mass is 35.5. The van der Waals surface area contributed by atoms with Crippen molar-refractivity contribution < 1.29 is 4.74 Å². The summed E-state index contributed by atoms with van der Waals surface area (Å²) >= 11 is 6.32. The molecule has 0 aliphatic rings. The van der Waals surface area contributed by atoms with Crippen LogP contribution in [0.2, 0.25) is 5.15 Å². The van der Waals surface area contributed by atoms with Crippen LogP contribution in [-0.4, -0.2) is 11.7 Å². The molecular formula is C18H14ClNO2. The third kappa shape index (κ3) is 2.76. The van der Waals surface area contributed by atoms with Gasteiger partial charge in [-0.1, -0.05) is 41.9 Å². The van der Waals surface area contributed by atoms with Crippen molar-refractivity contribution in [1.29, 1.82) is 0 Å². The first-order chi connectivity index (χ1) is 10.7. The largest absolute Gasteiger partial charge is 0.497 e. The van der Waals surface area contributed by atoms with E-state index in [4.69, 9.17) is 16.3 Å². The summed E-state index contributed by atoms with van der Waals surface area (Å²) in [6, 6.07) is 20.2. The van der Waals surface area contributed by atoms with Crippen molar-refractivity contribution >= 4 is 11.6 Å². The number of hydrogen-bond acceptors (Lipinski definition) is 2. The summed E-state index contributed by atoms with van der Waals surface area (Å²) in [4.78, 5) is 12.4. The molecule has 0 atom stereocenters. The van der Waals surface area contributed by atoms with Crippen LogP contribution >= 0.6 is 11.6 Å². The molecule has 0 unspecified atom stereocenters. The lowest BCUT2D eigenvalue weighted by atomic mass is 10.1. The average molecular weight is 312 g/mol. The Labute approximate surface area is 133 Å². The van der Waals surface area contributed by atoms with Gasteiger partial charge in [0.15, 0.2) is 0 Å². The van der Waals surface area contributed by atoms with Gasteiger partial charge in [0.25, 0.3) is 5.56 Å². The molecule has 2 aromatic carbocycles. The maximum absolute atomic E-state index is 12.4. The van der Waals surface area contributed by atoms with E-state index < -0.39 is 0 Å². The lowest BCUT2D eigenvalue weighted by Gasteiger charge is -2.10. The van der Waals surface area contributed by atoms with E-state index >= 15 is 0 Å². The molecule has 3 nitrogen and oxygen atoms in total. The van der Waals surface area contributed by atoms with E-state index in [2.05, 4.69) is 0 Å². The lowest BCUT2D eigenvalue weighted by Crippen LogP contribution is -2.18. The predicted octanol–water partition coefficient (Wildman–Crippen LogP) is 4.17. The Morgan fingerprint density at radius 2 is 1.59 bits per heavy atom. The highest BCUT2D eigenvalue weighted by molar-refractivity contribution is 6.30. The number of rotatable bonds is 3. The van der Waals surface area contributed by atoms with Gasteiger partial charge in [-0.15, -0.1) is 0 Å². The lowest BCUT2D eigenvalue weighted by molar-refractivity contribution is 0.415. The van der Waals surface area contributed by atoms with Gasteiger partial charge in [0.05, 0.1) is 12.8 Å². The zero-order chi connectivity index (χ0) is 15.5. The summed E-state index contributed by atoms with van der Waals surface area (Å²) in [5, 5.41) is 0.379. The molecule has 0 aliphatic heterocycles. The van der Waals surface area contributed by atoms with Gasteiger partial charge in [-0.05, 0) is 41.5 Å². The number of hydrogen-bond donors (Lipinski definition) is 0. The first-order valence-corrected chi connectivity index (χ1v) is 7.19. The maximum Gasteiger partial charge on any atom is 0.256 e. The second-order valence-electron chi connectivity index (χ2n) is 4.80. The minimum absolute atomic E-state index is 0.162. The number of methoxy groups -OCH3 is 1. The Hall–Kier alpha value is -2.52. The number of pyridine rings is 1. The molecule has 0 amide bonds. The molecule has 0 bridgehead atoms. The van der Waals surface area contributed by atoms with Crippen molar-refractivity contribution in [3.05, 3.63) is 82.2 Å². The van der Waals surface area contributed by atoms with Crippen molar-refractivity contribution in [1.82, 2.24) is 4.57 Å². The molecule has 0 aliphatic carbocycles. The van der Waals surface area contributed by atoms with Gasteiger partial charge in [0.2, 0.25) is 0 Å². The van der Waals surface area contributed by atoms with E-state index in [-0.39, 0.29) is 5.56 Å². The van der Waals surface area contributed by atoms with Gasteiger partial charge in [-0.3, -0.25) is 9.36 Å². The number of halogens is 1. The van der Waals surface area contributed by atoms with E-state index in [1.807, 2.05) is 54.6 Å². The Kier molecular flexibility index (Phi) is 3.98. The van der Waals surface area contributed by atoms with Crippen molar-refractivity contribution in [2.24, 2.45) is 0 Å². The summed E-state index contributed by atoms with van der Waals surface area (Å²) in [5.74, 6) is 0.771. The van der Waals surface area contributed by atoms with Gasteiger partial charge in [0.1, 0.15) is 10.9 Å². The minimum Gasteiger partial charge on any atom is -0.497 e. The van der Waals surface area contributed by atoms with Crippen LogP contribution in [0.15, 0.2) is 71.5 Å². The van der Waals surface area contributed by atoms with Crippen LogP contribution in [0.4, 0.5) is 0 Å². The second-order valence-corrected chi connectivity index (χ2v) is 5.19. The van der Waals surface area contributed by atoms with Crippen molar-refractivity contribution in [3.63, 3.8) is 0 Å². The van der Waals surface area contributed by atoms with E-state index in [1.54, 1.807) is 19.2 Å². The van der Waals surface area contributed by atoms with Gasteiger partial charge < -0.3 is 4.74 Å². The van der Waals surface area contributed by atoms with Gasteiger partial charge >= 0.3 is 0 Å². The molecule has 0 saturated carbocycles. The zero-order valence-corrected chi connectivity index (χ0v) is 12.7. The van der Waals surface area contributed by atoms with Crippen LogP contribution in [0, 0.1) is 0 Å². The standard InChI is InChI=1S/C18H14ClNO2/c1-22-16-9-7-13(8-10-16)14-11-17(19)20(18(21)12-14)15-5-3-2-4-6-15/h2-12H,1H3. The first kappa shape index (κ1) is 14.4. The molecule has 0 spiro atoms. The van der Waals surface area contributed by atoms with Crippen molar-refractivity contribution in [2.75, 3.05) is 7.11 Å². The van der Waals surface area contributed by atoms with E-state index in [1.165, 1.54) is 4.57 Å². The number of aromatic nitrogens is 1. The Morgan fingerprint density at radius 3 is 2.18 bits per heavy atom. The highest BCUT2D eigenvalue weighted by Crippen LogP contribution is 2.24. The van der Waals surface area contributed by atoms with Crippen LogP contribution in [0.25, 0.3) is 16.8 Å². The van der Waals surface area contributed by atoms with Gasteiger partial charge in [-0.2, -0.15) is 0 Å². The fourth-order valence-corrected chi connectivity index (χ4v) is 2.61. The van der Waals surface area contributed by atoms with Crippen molar-refractivity contribution in [3.8, 4) is 22.6 Å². The molecule has 1 heterocycles. The minimum atomic E-state index is -0.162. The normalized spacial score (nSPS) is 10.5. The molecule has 1 aromatic heterocycles. The number of para-hydroxylation sites is 1. The molecule has 3 aromatic rings. The third-order valence-electron chi connectivity index (χ3n) is 3.43. The van der Waals surface area contributed by atoms with Crippen molar-refractivity contribution in [2.45, 2.75) is 0 Å². The predicted molar refractivity (Wildman–Crippen MR) is 89.0 cm³/mol. The Balaban J connectivity index is 2.07. The third-order valence-corrected chi connectivity index (χ3v) is 3.70. The molecule has 0 radical (unpaired) electrons. The molecule has 22 heavy (non-hydrogen) atoms. The summed E-state index contributed by atoms with van der Waals surface area (Å²) in [7, 11) is 1.62. The monoisotopic (exact) mass is 311 g/mol. The highest BCUT2D eigenvalue weighted by Gasteiger charge is 2.08. The number of nitrogens with zero attached hydrogens (tertiary/aromatic N) is 1. The molecule has 110 valence electrons. The zero-order valence-electron chi connectivity index (χ0n) is 12.0. The molecular weight excluding hydrogens is 298 g/mol. The van der Waals surface area contributed by atoms with E-state index in [9.17, 15) is 4.79 Å². The van der Waals surface area contributed by atoms with Gasteiger partial charge in [0, 0.05) is 6.07 Å². The SMILES string of the molecule is COc1ccc(-c2cc(Cl)n(-c3ccccc3)c(=O)c2)cc1. The second kappa shape index (κ2) is 6.08.